The number of aromatic nitrogens is 1. The Morgan fingerprint density at radius 2 is 2.13 bits per heavy atom. The molecular formula is C18H22ClNO2S. The summed E-state index contributed by atoms with van der Waals surface area (Å²) in [7, 11) is 0. The Hall–Kier alpha value is -1.39. The van der Waals surface area contributed by atoms with Crippen molar-refractivity contribution in [2.24, 2.45) is 5.92 Å². The van der Waals surface area contributed by atoms with Crippen molar-refractivity contribution in [1.82, 2.24) is 4.98 Å². The molecule has 1 heterocycles. The Bertz CT molecular complexity index is 663. The van der Waals surface area contributed by atoms with E-state index in [1.807, 2.05) is 31.2 Å². The monoisotopic (exact) mass is 351 g/mol. The molecule has 0 aliphatic heterocycles. The van der Waals surface area contributed by atoms with Gasteiger partial charge in [-0.3, -0.25) is 4.98 Å². The molecule has 0 spiro atoms. The third kappa shape index (κ3) is 5.05. The van der Waals surface area contributed by atoms with E-state index in [2.05, 4.69) is 11.9 Å². The van der Waals surface area contributed by atoms with Crippen molar-refractivity contribution in [3.63, 3.8) is 0 Å². The molecule has 1 aromatic carbocycles. The Morgan fingerprint density at radius 3 is 2.87 bits per heavy atom. The van der Waals surface area contributed by atoms with Crippen LogP contribution in [0.2, 0.25) is 5.02 Å². The van der Waals surface area contributed by atoms with Crippen LogP contribution in [-0.2, 0) is 4.74 Å². The van der Waals surface area contributed by atoms with Crippen molar-refractivity contribution in [2.45, 2.75) is 33.1 Å². The van der Waals surface area contributed by atoms with Crippen molar-refractivity contribution >= 4 is 39.8 Å². The van der Waals surface area contributed by atoms with Crippen LogP contribution in [0.4, 0.5) is 0 Å². The molecule has 1 unspecified atom stereocenters. The van der Waals surface area contributed by atoms with Crippen molar-refractivity contribution in [1.29, 1.82) is 0 Å². The van der Waals surface area contributed by atoms with Gasteiger partial charge in [-0.15, -0.1) is 0 Å². The molecule has 0 aliphatic rings. The smallest absolute Gasteiger partial charge is 0.160 e. The molecule has 23 heavy (non-hydrogen) atoms. The zero-order chi connectivity index (χ0) is 16.7. The molecule has 0 saturated heterocycles. The van der Waals surface area contributed by atoms with Gasteiger partial charge in [0, 0.05) is 23.9 Å². The largest absolute Gasteiger partial charge is 0.491 e. The van der Waals surface area contributed by atoms with Crippen molar-refractivity contribution < 1.29 is 9.47 Å². The fraction of sp³-hybridized carbons (Fsp3) is 0.444. The number of halogens is 1. The number of benzene rings is 1. The number of ether oxygens (including phenoxy) is 2. The molecule has 0 saturated carbocycles. The third-order valence-electron chi connectivity index (χ3n) is 3.61. The maximum Gasteiger partial charge on any atom is 0.160 e. The van der Waals surface area contributed by atoms with Crippen LogP contribution in [0.3, 0.4) is 0 Å². The zero-order valence-corrected chi connectivity index (χ0v) is 15.1. The molecule has 0 fully saturated rings. The van der Waals surface area contributed by atoms with Crippen LogP contribution < -0.4 is 4.74 Å². The van der Waals surface area contributed by atoms with E-state index in [1.54, 1.807) is 6.20 Å². The van der Waals surface area contributed by atoms with Crippen LogP contribution in [0.5, 0.6) is 5.75 Å². The number of rotatable bonds is 8. The summed E-state index contributed by atoms with van der Waals surface area (Å²) in [5, 5.41) is 2.25. The van der Waals surface area contributed by atoms with Crippen LogP contribution in [0.25, 0.3) is 10.9 Å². The van der Waals surface area contributed by atoms with Gasteiger partial charge in [-0.25, -0.2) is 0 Å². The van der Waals surface area contributed by atoms with Gasteiger partial charge < -0.3 is 9.47 Å². The molecule has 5 heteroatoms. The van der Waals surface area contributed by atoms with Crippen LogP contribution in [0.1, 0.15) is 33.1 Å². The summed E-state index contributed by atoms with van der Waals surface area (Å²) in [5.41, 5.74) is 0.794. The first-order valence-corrected chi connectivity index (χ1v) is 8.76. The fourth-order valence-corrected chi connectivity index (χ4v) is 3.11. The molecule has 0 aliphatic carbocycles. The van der Waals surface area contributed by atoms with Crippen molar-refractivity contribution in [3.8, 4) is 5.75 Å². The summed E-state index contributed by atoms with van der Waals surface area (Å²) in [4.78, 5) is 4.40. The van der Waals surface area contributed by atoms with Gasteiger partial charge in [0.1, 0.15) is 11.3 Å². The highest BCUT2D eigenvalue weighted by Crippen LogP contribution is 2.30. The quantitative estimate of drug-likeness (QED) is 0.593. The standard InChI is InChI=1S/C18H22ClNO2S/c1-3-6-13(11-17(23)21-4-2)12-22-16-9-8-15(19)14-7-5-10-20-18(14)16/h5,7-10,13H,3-4,6,11-12H2,1-2H3. The Morgan fingerprint density at radius 1 is 1.30 bits per heavy atom. The maximum absolute atomic E-state index is 6.22. The van der Waals surface area contributed by atoms with Gasteiger partial charge in [0.25, 0.3) is 0 Å². The van der Waals surface area contributed by atoms with Gasteiger partial charge in [0.05, 0.1) is 18.2 Å². The van der Waals surface area contributed by atoms with E-state index in [9.17, 15) is 0 Å². The topological polar surface area (TPSA) is 31.4 Å². The summed E-state index contributed by atoms with van der Waals surface area (Å²) in [6.45, 7) is 5.32. The van der Waals surface area contributed by atoms with Crippen LogP contribution in [0.15, 0.2) is 30.5 Å². The van der Waals surface area contributed by atoms with Gasteiger partial charge in [0.2, 0.25) is 0 Å². The van der Waals surface area contributed by atoms with E-state index in [-0.39, 0.29) is 0 Å². The molecule has 0 N–H and O–H groups in total. The summed E-state index contributed by atoms with van der Waals surface area (Å²) in [6.07, 6.45) is 4.63. The summed E-state index contributed by atoms with van der Waals surface area (Å²) in [6, 6.07) is 7.55. The first-order chi connectivity index (χ1) is 11.2. The van der Waals surface area contributed by atoms with Crippen LogP contribution in [0, 0.1) is 5.92 Å². The number of fused-ring (bicyclic) bond motifs is 1. The van der Waals surface area contributed by atoms with Crippen molar-refractivity contribution in [2.75, 3.05) is 13.2 Å². The van der Waals surface area contributed by atoms with E-state index >= 15 is 0 Å². The number of thiocarbonyl (C=S) groups is 1. The molecule has 1 aromatic heterocycles. The third-order valence-corrected chi connectivity index (χ3v) is 4.23. The average molecular weight is 352 g/mol. The highest BCUT2D eigenvalue weighted by Gasteiger charge is 2.14. The number of nitrogens with zero attached hydrogens (tertiary/aromatic N) is 1. The van der Waals surface area contributed by atoms with Crippen molar-refractivity contribution in [3.05, 3.63) is 35.5 Å². The SMILES string of the molecule is CCCC(COc1ccc(Cl)c2cccnc12)CC(=S)OCC. The lowest BCUT2D eigenvalue weighted by Gasteiger charge is -2.18. The maximum atomic E-state index is 6.22. The van der Waals surface area contributed by atoms with E-state index in [4.69, 9.17) is 33.3 Å². The van der Waals surface area contributed by atoms with Gasteiger partial charge >= 0.3 is 0 Å². The van der Waals surface area contributed by atoms with Gasteiger partial charge in [-0.2, -0.15) is 0 Å². The van der Waals surface area contributed by atoms with Gasteiger partial charge in [-0.05, 0) is 49.8 Å². The minimum Gasteiger partial charge on any atom is -0.491 e. The minimum atomic E-state index is 0.341. The zero-order valence-electron chi connectivity index (χ0n) is 13.5. The van der Waals surface area contributed by atoms with E-state index in [0.29, 0.717) is 29.2 Å². The second-order valence-corrected chi connectivity index (χ2v) is 6.28. The average Bonchev–Trinajstić information content (AvgIpc) is 2.55. The molecule has 0 amide bonds. The summed E-state index contributed by atoms with van der Waals surface area (Å²) in [5.74, 6) is 1.10. The Labute approximate surface area is 148 Å². The summed E-state index contributed by atoms with van der Waals surface area (Å²) < 4.78 is 11.4. The predicted molar refractivity (Wildman–Crippen MR) is 99.5 cm³/mol. The lowest BCUT2D eigenvalue weighted by Crippen LogP contribution is -2.17. The second kappa shape index (κ2) is 9.04. The van der Waals surface area contributed by atoms with Gasteiger partial charge in [0.15, 0.2) is 5.05 Å². The van der Waals surface area contributed by atoms with E-state index < -0.39 is 0 Å². The molecular weight excluding hydrogens is 330 g/mol. The minimum absolute atomic E-state index is 0.341. The summed E-state index contributed by atoms with van der Waals surface area (Å²) >= 11 is 11.5. The highest BCUT2D eigenvalue weighted by molar-refractivity contribution is 7.80. The van der Waals surface area contributed by atoms with Crippen LogP contribution >= 0.6 is 23.8 Å². The fourth-order valence-electron chi connectivity index (χ4n) is 2.54. The molecule has 0 radical (unpaired) electrons. The van der Waals surface area contributed by atoms with Crippen LogP contribution in [-0.4, -0.2) is 23.2 Å². The van der Waals surface area contributed by atoms with Gasteiger partial charge in [-0.1, -0.05) is 24.9 Å². The predicted octanol–water partition coefficient (Wildman–Crippen LogP) is 5.44. The second-order valence-electron chi connectivity index (χ2n) is 5.42. The Kier molecular flexibility index (Phi) is 7.06. The number of pyridine rings is 1. The Balaban J connectivity index is 2.08. The molecule has 2 rings (SSSR count). The first-order valence-electron chi connectivity index (χ1n) is 7.97. The number of hydrogen-bond acceptors (Lipinski definition) is 4. The molecule has 2 aromatic rings. The normalized spacial score (nSPS) is 12.1. The molecule has 3 nitrogen and oxygen atoms in total. The lowest BCUT2D eigenvalue weighted by molar-refractivity contribution is 0.234. The molecule has 1 atom stereocenters. The number of hydrogen-bond donors (Lipinski definition) is 0. The lowest BCUT2D eigenvalue weighted by atomic mass is 10.0. The first kappa shape index (κ1) is 18.0. The molecule has 124 valence electrons. The van der Waals surface area contributed by atoms with E-state index in [1.165, 1.54) is 0 Å². The highest BCUT2D eigenvalue weighted by atomic mass is 35.5. The molecule has 0 bridgehead atoms. The van der Waals surface area contributed by atoms with E-state index in [0.717, 1.165) is 35.9 Å².